The van der Waals surface area contributed by atoms with Crippen LogP contribution >= 0.6 is 11.6 Å². The third-order valence-corrected chi connectivity index (χ3v) is 5.45. The van der Waals surface area contributed by atoms with Crippen molar-refractivity contribution < 1.29 is 13.9 Å². The van der Waals surface area contributed by atoms with Crippen LogP contribution < -0.4 is 0 Å². The first-order chi connectivity index (χ1) is 14.7. The molecule has 1 aromatic carbocycles. The van der Waals surface area contributed by atoms with Crippen LogP contribution in [0.4, 0.5) is 0 Å². The number of methoxy groups -OCH3 is 1. The zero-order valence-electron chi connectivity index (χ0n) is 16.6. The van der Waals surface area contributed by atoms with Crippen molar-refractivity contribution >= 4 is 17.5 Å². The van der Waals surface area contributed by atoms with E-state index in [0.29, 0.717) is 50.1 Å². The fourth-order valence-electron chi connectivity index (χ4n) is 3.65. The number of furan rings is 1. The number of amides is 1. The van der Waals surface area contributed by atoms with E-state index in [-0.39, 0.29) is 11.9 Å². The van der Waals surface area contributed by atoms with Crippen molar-refractivity contribution in [1.29, 1.82) is 0 Å². The van der Waals surface area contributed by atoms with E-state index >= 15 is 0 Å². The van der Waals surface area contributed by atoms with Crippen LogP contribution in [-0.2, 0) is 11.3 Å². The Morgan fingerprint density at radius 3 is 2.63 bits per heavy atom. The SMILES string of the molecule is COCCn1nnnc1[C@@H](c1ccc(Cl)cc1)N1CCN(C(=O)c2ccco2)CC1. The van der Waals surface area contributed by atoms with Gasteiger partial charge in [-0.1, -0.05) is 23.7 Å². The normalized spacial score (nSPS) is 16.0. The second-order valence-electron chi connectivity index (χ2n) is 7.01. The number of aromatic nitrogens is 4. The largest absolute Gasteiger partial charge is 0.459 e. The van der Waals surface area contributed by atoms with Gasteiger partial charge in [-0.2, -0.15) is 0 Å². The van der Waals surface area contributed by atoms with Crippen molar-refractivity contribution in [2.75, 3.05) is 39.9 Å². The maximum Gasteiger partial charge on any atom is 0.289 e. The van der Waals surface area contributed by atoms with Crippen LogP contribution in [0, 0.1) is 0 Å². The number of hydrogen-bond acceptors (Lipinski definition) is 7. The molecule has 3 heterocycles. The summed E-state index contributed by atoms with van der Waals surface area (Å²) in [5.41, 5.74) is 1.04. The lowest BCUT2D eigenvalue weighted by atomic mass is 10.0. The first-order valence-electron chi connectivity index (χ1n) is 9.74. The molecule has 1 fully saturated rings. The third kappa shape index (κ3) is 4.38. The lowest BCUT2D eigenvalue weighted by molar-refractivity contribution is 0.0558. The molecule has 2 aromatic heterocycles. The molecule has 1 atom stereocenters. The van der Waals surface area contributed by atoms with E-state index in [1.807, 2.05) is 29.2 Å². The van der Waals surface area contributed by atoms with Crippen molar-refractivity contribution in [1.82, 2.24) is 30.0 Å². The average Bonchev–Trinajstić information content (AvgIpc) is 3.46. The van der Waals surface area contributed by atoms with Gasteiger partial charge in [0.25, 0.3) is 5.91 Å². The van der Waals surface area contributed by atoms with Crippen LogP contribution in [0.1, 0.15) is 28.0 Å². The molecule has 0 N–H and O–H groups in total. The molecular weight excluding hydrogens is 408 g/mol. The van der Waals surface area contributed by atoms with E-state index in [9.17, 15) is 4.79 Å². The highest BCUT2D eigenvalue weighted by Crippen LogP contribution is 2.29. The van der Waals surface area contributed by atoms with E-state index in [1.165, 1.54) is 6.26 Å². The van der Waals surface area contributed by atoms with Crippen LogP contribution in [0.5, 0.6) is 0 Å². The summed E-state index contributed by atoms with van der Waals surface area (Å²) in [4.78, 5) is 16.7. The Morgan fingerprint density at radius 1 is 1.20 bits per heavy atom. The van der Waals surface area contributed by atoms with Crippen LogP contribution in [0.2, 0.25) is 5.02 Å². The maximum atomic E-state index is 12.6. The molecule has 0 bridgehead atoms. The fourth-order valence-corrected chi connectivity index (χ4v) is 3.78. The van der Waals surface area contributed by atoms with E-state index < -0.39 is 0 Å². The Kier molecular flexibility index (Phi) is 6.41. The van der Waals surface area contributed by atoms with E-state index in [2.05, 4.69) is 20.4 Å². The molecule has 4 rings (SSSR count). The predicted octanol–water partition coefficient (Wildman–Crippen LogP) is 2.11. The maximum absolute atomic E-state index is 12.6. The molecule has 1 aliphatic heterocycles. The lowest BCUT2D eigenvalue weighted by Crippen LogP contribution is -2.50. The summed E-state index contributed by atoms with van der Waals surface area (Å²) in [6.07, 6.45) is 1.51. The van der Waals surface area contributed by atoms with E-state index in [4.69, 9.17) is 20.8 Å². The molecule has 0 saturated carbocycles. The molecule has 3 aromatic rings. The first kappa shape index (κ1) is 20.5. The van der Waals surface area contributed by atoms with Gasteiger partial charge in [0.15, 0.2) is 11.6 Å². The molecule has 0 spiro atoms. The topological polar surface area (TPSA) is 89.5 Å². The molecule has 158 valence electrons. The summed E-state index contributed by atoms with van der Waals surface area (Å²) >= 11 is 6.10. The number of carbonyl (C=O) groups is 1. The minimum atomic E-state index is -0.157. The number of benzene rings is 1. The Bertz CT molecular complexity index is 951. The number of rotatable bonds is 7. The van der Waals surface area contributed by atoms with E-state index in [1.54, 1.807) is 23.9 Å². The van der Waals surface area contributed by atoms with Gasteiger partial charge in [0.2, 0.25) is 0 Å². The number of hydrogen-bond donors (Lipinski definition) is 0. The number of carbonyl (C=O) groups excluding carboxylic acids is 1. The monoisotopic (exact) mass is 430 g/mol. The van der Waals surface area contributed by atoms with Crippen molar-refractivity contribution in [3.63, 3.8) is 0 Å². The highest BCUT2D eigenvalue weighted by Gasteiger charge is 2.32. The molecule has 0 radical (unpaired) electrons. The van der Waals surface area contributed by atoms with Gasteiger partial charge in [-0.15, -0.1) is 5.10 Å². The van der Waals surface area contributed by atoms with Crippen molar-refractivity contribution in [3.8, 4) is 0 Å². The third-order valence-electron chi connectivity index (χ3n) is 5.20. The summed E-state index contributed by atoms with van der Waals surface area (Å²) in [5.74, 6) is 1.01. The Hall–Kier alpha value is -2.75. The number of halogens is 1. The van der Waals surface area contributed by atoms with Crippen molar-refractivity contribution in [2.24, 2.45) is 0 Å². The van der Waals surface area contributed by atoms with Crippen molar-refractivity contribution in [3.05, 3.63) is 64.8 Å². The highest BCUT2D eigenvalue weighted by molar-refractivity contribution is 6.30. The summed E-state index contributed by atoms with van der Waals surface area (Å²) in [7, 11) is 1.65. The van der Waals surface area contributed by atoms with Gasteiger partial charge in [0.05, 0.1) is 25.5 Å². The molecular formula is C20H23ClN6O3. The second kappa shape index (κ2) is 9.38. The zero-order chi connectivity index (χ0) is 20.9. The molecule has 9 nitrogen and oxygen atoms in total. The van der Waals surface area contributed by atoms with Gasteiger partial charge in [0, 0.05) is 38.3 Å². The number of nitrogens with zero attached hydrogens (tertiary/aromatic N) is 6. The van der Waals surface area contributed by atoms with Gasteiger partial charge in [-0.05, 0) is 40.3 Å². The van der Waals surface area contributed by atoms with Crippen LogP contribution in [0.3, 0.4) is 0 Å². The summed E-state index contributed by atoms with van der Waals surface area (Å²) in [6, 6.07) is 11.0. The number of tetrazole rings is 1. The van der Waals surface area contributed by atoms with Crippen LogP contribution in [0.15, 0.2) is 47.1 Å². The number of ether oxygens (including phenoxy) is 1. The molecule has 30 heavy (non-hydrogen) atoms. The smallest absolute Gasteiger partial charge is 0.289 e. The Balaban J connectivity index is 1.56. The minimum absolute atomic E-state index is 0.0902. The Labute approximate surface area is 179 Å². The molecule has 1 saturated heterocycles. The molecule has 0 unspecified atom stereocenters. The standard InChI is InChI=1S/C20H23ClN6O3/c1-29-14-12-27-19(22-23-24-27)18(15-4-6-16(21)7-5-15)25-8-10-26(11-9-25)20(28)17-3-2-13-30-17/h2-7,13,18H,8-12,14H2,1H3/t18-/m1/s1. The Morgan fingerprint density at radius 2 is 1.97 bits per heavy atom. The molecule has 1 aliphatic rings. The first-order valence-corrected chi connectivity index (χ1v) is 10.1. The summed E-state index contributed by atoms with van der Waals surface area (Å²) < 4.78 is 12.2. The van der Waals surface area contributed by atoms with Gasteiger partial charge in [-0.25, -0.2) is 4.68 Å². The minimum Gasteiger partial charge on any atom is -0.459 e. The van der Waals surface area contributed by atoms with Crippen LogP contribution in [0.25, 0.3) is 0 Å². The summed E-state index contributed by atoms with van der Waals surface area (Å²) in [5, 5.41) is 13.0. The highest BCUT2D eigenvalue weighted by atomic mass is 35.5. The number of piperazine rings is 1. The molecule has 10 heteroatoms. The zero-order valence-corrected chi connectivity index (χ0v) is 17.4. The van der Waals surface area contributed by atoms with E-state index in [0.717, 1.165) is 11.4 Å². The van der Waals surface area contributed by atoms with Crippen molar-refractivity contribution in [2.45, 2.75) is 12.6 Å². The fraction of sp³-hybridized carbons (Fsp3) is 0.400. The average molecular weight is 431 g/mol. The van der Waals surface area contributed by atoms with Gasteiger partial charge in [0.1, 0.15) is 0 Å². The lowest BCUT2D eigenvalue weighted by Gasteiger charge is -2.38. The predicted molar refractivity (Wildman–Crippen MR) is 109 cm³/mol. The quantitative estimate of drug-likeness (QED) is 0.567. The van der Waals surface area contributed by atoms with Gasteiger partial charge in [-0.3, -0.25) is 9.69 Å². The van der Waals surface area contributed by atoms with Crippen LogP contribution in [-0.4, -0.2) is 75.8 Å². The van der Waals surface area contributed by atoms with Gasteiger partial charge < -0.3 is 14.1 Å². The summed E-state index contributed by atoms with van der Waals surface area (Å²) in [6.45, 7) is 3.59. The molecule has 1 amide bonds. The second-order valence-corrected chi connectivity index (χ2v) is 7.45. The molecule has 0 aliphatic carbocycles. The van der Waals surface area contributed by atoms with Gasteiger partial charge >= 0.3 is 0 Å².